The van der Waals surface area contributed by atoms with E-state index in [2.05, 4.69) is 0 Å². The van der Waals surface area contributed by atoms with Gasteiger partial charge in [0.05, 0.1) is 39.6 Å². The van der Waals surface area contributed by atoms with E-state index in [9.17, 15) is 19.2 Å². The molecule has 0 fully saturated rings. The molecule has 0 amide bonds. The van der Waals surface area contributed by atoms with E-state index in [0.717, 1.165) is 36.2 Å². The first-order valence-electron chi connectivity index (χ1n) is 17.6. The Morgan fingerprint density at radius 2 is 0.625 bits per heavy atom. The molecule has 0 N–H and O–H groups in total. The zero-order valence-electron chi connectivity index (χ0n) is 38.3. The van der Waals surface area contributed by atoms with Crippen LogP contribution in [0.25, 0.3) is 0 Å². The van der Waals surface area contributed by atoms with Gasteiger partial charge in [-0.25, -0.2) is 0 Å². The SMILES string of the molecule is COCCOCC(C)[C-]=O.COCCOCC(C)[C-]=O.COCCSCC(C)[C-]=O.COCCSCC(C)[C-]=O.C[CH-]C.C[CH-]C.C[CH-]C.C[CH-]C.[La].[La].[La].[La]. The molecule has 0 aromatic rings. The zero-order chi connectivity index (χ0) is 42.1. The molecule has 4 unspecified atom stereocenters. The normalized spacial score (nSPS) is 10.6. The molecule has 0 spiro atoms. The summed E-state index contributed by atoms with van der Waals surface area (Å²) in [5.41, 5.74) is 0. The average molecular weight is 1340 g/mol. The Labute approximate surface area is 468 Å². The second-order valence-electron chi connectivity index (χ2n) is 10.7. The summed E-state index contributed by atoms with van der Waals surface area (Å²) in [6.45, 7) is 27.9. The smallest absolute Gasteiger partial charge is 0.0699 e. The van der Waals surface area contributed by atoms with Crippen molar-refractivity contribution in [2.24, 2.45) is 23.7 Å². The fourth-order valence-electron chi connectivity index (χ4n) is 1.75. The summed E-state index contributed by atoms with van der Waals surface area (Å²) in [7, 11) is 6.57. The quantitative estimate of drug-likeness (QED) is 0.0689. The van der Waals surface area contributed by atoms with Crippen molar-refractivity contribution in [3.8, 4) is 0 Å². The van der Waals surface area contributed by atoms with E-state index >= 15 is 0 Å². The fraction of sp³-hybridized carbons (Fsp3) is 0.800. The van der Waals surface area contributed by atoms with Crippen molar-refractivity contribution in [1.29, 1.82) is 0 Å². The van der Waals surface area contributed by atoms with E-state index in [1.54, 1.807) is 65.8 Å². The van der Waals surface area contributed by atoms with Gasteiger partial charge in [-0.3, -0.25) is 25.1 Å². The van der Waals surface area contributed by atoms with E-state index in [0.29, 0.717) is 39.6 Å². The van der Waals surface area contributed by atoms with Gasteiger partial charge >= 0.3 is 0 Å². The van der Waals surface area contributed by atoms with Gasteiger partial charge in [0.1, 0.15) is 0 Å². The maximum Gasteiger partial charge on any atom is 0.0699 e. The molecule has 0 bridgehead atoms. The van der Waals surface area contributed by atoms with Crippen molar-refractivity contribution in [2.45, 2.75) is 83.1 Å². The molecule has 16 heteroatoms. The number of hydrogen-bond acceptors (Lipinski definition) is 12. The molecule has 0 rings (SSSR count). The number of carbonyl (C=O) groups excluding carboxylic acids is 4. The second kappa shape index (κ2) is 102. The standard InChI is InChI=1S/2C7H13O3.2C7H13O2S.4C3H7.4La/c4*1-7(5-8)6-10-4-3-9-2;4*1-3-2;;;;/h4*7H,3-4,6H2,1-2H3;4*3H,1-2H3;;;;/q8*-1;;;;. The minimum absolute atomic E-state index is 0. The van der Waals surface area contributed by atoms with E-state index in [4.69, 9.17) is 28.4 Å². The van der Waals surface area contributed by atoms with Gasteiger partial charge in [0.15, 0.2) is 0 Å². The summed E-state index contributed by atoms with van der Waals surface area (Å²) in [5, 5.41) is 0. The third kappa shape index (κ3) is 145. The molecule has 4 radical (unpaired) electrons. The average Bonchev–Trinajstić information content (AvgIpc) is 3.14. The van der Waals surface area contributed by atoms with E-state index in [-0.39, 0.29) is 166 Å². The molecule has 56 heavy (non-hydrogen) atoms. The van der Waals surface area contributed by atoms with Gasteiger partial charge in [0, 0.05) is 196 Å². The summed E-state index contributed by atoms with van der Waals surface area (Å²) < 4.78 is 29.2. The van der Waals surface area contributed by atoms with Crippen molar-refractivity contribution >= 4 is 48.7 Å². The minimum Gasteiger partial charge on any atom is -0.541 e. The Morgan fingerprint density at radius 1 is 0.411 bits per heavy atom. The Kier molecular flexibility index (Phi) is 166. The molecule has 0 aromatic heterocycles. The largest absolute Gasteiger partial charge is 0.541 e. The molecule has 0 aromatic carbocycles. The second-order valence-corrected chi connectivity index (χ2v) is 13.0. The molecule has 0 aliphatic carbocycles. The first-order chi connectivity index (χ1) is 24.9. The van der Waals surface area contributed by atoms with Gasteiger partial charge in [-0.05, 0) is 11.5 Å². The van der Waals surface area contributed by atoms with Crippen LogP contribution in [-0.2, 0) is 47.6 Å². The van der Waals surface area contributed by atoms with Gasteiger partial charge in [-0.1, -0.05) is 27.7 Å². The Bertz CT molecular complexity index is 501. The number of rotatable bonds is 24. The summed E-state index contributed by atoms with van der Waals surface area (Å²) in [5.74, 6) is 3.49. The Balaban J connectivity index is -0.0000000411. The molecule has 0 aliphatic rings. The third-order valence-electron chi connectivity index (χ3n) is 4.00. The van der Waals surface area contributed by atoms with Crippen LogP contribution in [0.1, 0.15) is 83.1 Å². The monoisotopic (exact) mass is 1340 g/mol. The molecule has 0 saturated heterocycles. The van der Waals surface area contributed by atoms with Crippen LogP contribution >= 0.6 is 23.5 Å². The van der Waals surface area contributed by atoms with Gasteiger partial charge in [0.2, 0.25) is 0 Å². The molecule has 0 aliphatic heterocycles. The summed E-state index contributed by atoms with van der Waals surface area (Å²) >= 11 is 3.45. The van der Waals surface area contributed by atoms with Crippen molar-refractivity contribution in [1.82, 2.24) is 0 Å². The molecular weight excluding hydrogens is 1260 g/mol. The van der Waals surface area contributed by atoms with Crippen molar-refractivity contribution in [3.05, 3.63) is 25.7 Å². The van der Waals surface area contributed by atoms with Gasteiger partial charge in [-0.15, -0.1) is 23.7 Å². The van der Waals surface area contributed by atoms with Crippen LogP contribution in [-0.4, -0.2) is 129 Å². The van der Waals surface area contributed by atoms with Gasteiger partial charge in [0.25, 0.3) is 0 Å². The summed E-state index contributed by atoms with van der Waals surface area (Å²) in [6.07, 6.45) is 15.5. The molecule has 10 nitrogen and oxygen atoms in total. The predicted molar refractivity (Wildman–Crippen MR) is 226 cm³/mol. The summed E-state index contributed by atoms with van der Waals surface area (Å²) in [6, 6.07) is 0. The molecule has 332 valence electrons. The van der Waals surface area contributed by atoms with Crippen molar-refractivity contribution in [2.75, 3.05) is 104 Å². The van der Waals surface area contributed by atoms with E-state index in [1.165, 1.54) is 0 Å². The van der Waals surface area contributed by atoms with Crippen molar-refractivity contribution in [3.63, 3.8) is 0 Å². The van der Waals surface area contributed by atoms with Crippen LogP contribution < -0.4 is 0 Å². The van der Waals surface area contributed by atoms with Crippen LogP contribution in [0.3, 0.4) is 0 Å². The maximum absolute atomic E-state index is 10.00. The van der Waals surface area contributed by atoms with E-state index in [1.807, 2.05) is 120 Å². The number of thioether (sulfide) groups is 2. The third-order valence-corrected chi connectivity index (χ3v) is 6.39. The Morgan fingerprint density at radius 3 is 0.804 bits per heavy atom. The van der Waals surface area contributed by atoms with Crippen LogP contribution in [0.4, 0.5) is 0 Å². The Hall–Kier alpha value is 3.92. The minimum atomic E-state index is -0.128. The first kappa shape index (κ1) is 90.6. The van der Waals surface area contributed by atoms with Crippen LogP contribution in [0.15, 0.2) is 0 Å². The number of hydrogen-bond donors (Lipinski definition) is 0. The molecule has 4 atom stereocenters. The topological polar surface area (TPSA) is 124 Å². The predicted octanol–water partition coefficient (Wildman–Crippen LogP) is 7.94. The van der Waals surface area contributed by atoms with Crippen LogP contribution in [0, 0.1) is 192 Å². The number of ether oxygens (including phenoxy) is 6. The first-order valence-corrected chi connectivity index (χ1v) is 19.9. The molecular formula is C40H80La4O10S2-8. The fourth-order valence-corrected chi connectivity index (χ4v) is 3.49. The van der Waals surface area contributed by atoms with Crippen LogP contribution in [0.5, 0.6) is 0 Å². The van der Waals surface area contributed by atoms with Gasteiger partial charge in [-0.2, -0.15) is 78.9 Å². The van der Waals surface area contributed by atoms with Crippen LogP contribution in [0.2, 0.25) is 0 Å². The summed E-state index contributed by atoms with van der Waals surface area (Å²) in [4.78, 5) is 39.9. The maximum atomic E-state index is 10.00. The number of methoxy groups -OCH3 is 4. The van der Waals surface area contributed by atoms with Gasteiger partial charge < -0.3 is 73.3 Å². The molecule has 0 heterocycles. The molecule has 0 saturated carbocycles. The van der Waals surface area contributed by atoms with E-state index < -0.39 is 0 Å². The van der Waals surface area contributed by atoms with Crippen molar-refractivity contribution < 1.29 is 190 Å². The zero-order valence-corrected chi connectivity index (χ0v) is 54.4.